The van der Waals surface area contributed by atoms with Crippen LogP contribution in [0.5, 0.6) is 0 Å². The van der Waals surface area contributed by atoms with Gasteiger partial charge in [0.25, 0.3) is 5.91 Å². The largest absolute Gasteiger partial charge is 0.481 e. The molecule has 2 heterocycles. The van der Waals surface area contributed by atoms with Gasteiger partial charge in [-0.1, -0.05) is 29.8 Å². The van der Waals surface area contributed by atoms with Crippen molar-refractivity contribution in [3.63, 3.8) is 0 Å². The van der Waals surface area contributed by atoms with Crippen molar-refractivity contribution in [2.45, 2.75) is 26.3 Å². The summed E-state index contributed by atoms with van der Waals surface area (Å²) in [5.41, 5.74) is 3.18. The van der Waals surface area contributed by atoms with Gasteiger partial charge >= 0.3 is 5.97 Å². The van der Waals surface area contributed by atoms with Gasteiger partial charge in [-0.2, -0.15) is 5.10 Å². The molecule has 6 heteroatoms. The number of hydrogen-bond acceptors (Lipinski definition) is 3. The van der Waals surface area contributed by atoms with Crippen LogP contribution < -0.4 is 0 Å². The summed E-state index contributed by atoms with van der Waals surface area (Å²) in [6, 6.07) is 9.30. The van der Waals surface area contributed by atoms with Crippen molar-refractivity contribution in [1.82, 2.24) is 15.1 Å². The van der Waals surface area contributed by atoms with E-state index in [1.807, 2.05) is 31.2 Å². The van der Waals surface area contributed by atoms with Crippen molar-refractivity contribution in [1.29, 1.82) is 0 Å². The smallest absolute Gasteiger partial charge is 0.308 e. The average Bonchev–Trinajstić information content (AvgIpc) is 3.14. The Bertz CT molecular complexity index is 736. The molecule has 0 bridgehead atoms. The zero-order valence-electron chi connectivity index (χ0n) is 13.1. The van der Waals surface area contributed by atoms with Crippen LogP contribution in [0.2, 0.25) is 0 Å². The van der Waals surface area contributed by atoms with Gasteiger partial charge in [-0.3, -0.25) is 14.7 Å². The summed E-state index contributed by atoms with van der Waals surface area (Å²) in [5.74, 6) is -1.55. The number of hydrogen-bond donors (Lipinski definition) is 2. The Balaban J connectivity index is 1.79. The highest BCUT2D eigenvalue weighted by Crippen LogP contribution is 2.26. The SMILES string of the molecule is Cc1ccc(-c2cc(C(=O)N3CCC(C(=O)O)C3C)[nH]n2)cc1. The second kappa shape index (κ2) is 5.87. The number of rotatable bonds is 3. The third-order valence-electron chi connectivity index (χ3n) is 4.49. The van der Waals surface area contributed by atoms with Crippen LogP contribution in [-0.4, -0.2) is 44.7 Å². The topological polar surface area (TPSA) is 86.3 Å². The van der Waals surface area contributed by atoms with Gasteiger partial charge in [0.1, 0.15) is 5.69 Å². The minimum absolute atomic E-state index is 0.202. The van der Waals surface area contributed by atoms with Crippen molar-refractivity contribution >= 4 is 11.9 Å². The molecule has 2 unspecified atom stereocenters. The molecule has 1 saturated heterocycles. The van der Waals surface area contributed by atoms with E-state index in [0.717, 1.165) is 11.1 Å². The first-order chi connectivity index (χ1) is 11.0. The maximum absolute atomic E-state index is 12.6. The van der Waals surface area contributed by atoms with Crippen LogP contribution in [0.4, 0.5) is 0 Å². The molecule has 0 saturated carbocycles. The highest BCUT2D eigenvalue weighted by Gasteiger charge is 2.38. The Morgan fingerprint density at radius 1 is 1.30 bits per heavy atom. The van der Waals surface area contributed by atoms with Crippen LogP contribution in [-0.2, 0) is 4.79 Å². The summed E-state index contributed by atoms with van der Waals surface area (Å²) in [6.07, 6.45) is 0.487. The van der Waals surface area contributed by atoms with E-state index >= 15 is 0 Å². The first-order valence-electron chi connectivity index (χ1n) is 7.63. The number of aromatic nitrogens is 2. The predicted molar refractivity (Wildman–Crippen MR) is 85.0 cm³/mol. The standard InChI is InChI=1S/C17H19N3O3/c1-10-3-5-12(6-4-10)14-9-15(19-18-14)16(21)20-8-7-13(11(20)2)17(22)23/h3-6,9,11,13H,7-8H2,1-2H3,(H,18,19)(H,22,23). The average molecular weight is 313 g/mol. The van der Waals surface area contributed by atoms with Crippen LogP contribution in [0.15, 0.2) is 30.3 Å². The Morgan fingerprint density at radius 2 is 2.00 bits per heavy atom. The number of carbonyl (C=O) groups excluding carboxylic acids is 1. The minimum Gasteiger partial charge on any atom is -0.481 e. The lowest BCUT2D eigenvalue weighted by Gasteiger charge is -2.22. The van der Waals surface area contributed by atoms with Gasteiger partial charge in [-0.15, -0.1) is 0 Å². The number of amides is 1. The van der Waals surface area contributed by atoms with E-state index in [-0.39, 0.29) is 11.9 Å². The van der Waals surface area contributed by atoms with Crippen molar-refractivity contribution in [2.24, 2.45) is 5.92 Å². The molecule has 23 heavy (non-hydrogen) atoms. The fourth-order valence-corrected chi connectivity index (χ4v) is 3.01. The fourth-order valence-electron chi connectivity index (χ4n) is 3.01. The van der Waals surface area contributed by atoms with Crippen LogP contribution >= 0.6 is 0 Å². The van der Waals surface area contributed by atoms with Gasteiger partial charge in [-0.25, -0.2) is 0 Å². The molecule has 2 N–H and O–H groups in total. The van der Waals surface area contributed by atoms with Crippen molar-refractivity contribution in [3.8, 4) is 11.3 Å². The zero-order valence-corrected chi connectivity index (χ0v) is 13.1. The highest BCUT2D eigenvalue weighted by atomic mass is 16.4. The third-order valence-corrected chi connectivity index (χ3v) is 4.49. The lowest BCUT2D eigenvalue weighted by Crippen LogP contribution is -2.37. The minimum atomic E-state index is -0.849. The molecule has 1 fully saturated rings. The fraction of sp³-hybridized carbons (Fsp3) is 0.353. The number of aliphatic carboxylic acids is 1. The summed E-state index contributed by atoms with van der Waals surface area (Å²) in [4.78, 5) is 25.4. The molecule has 0 aliphatic carbocycles. The van der Waals surface area contributed by atoms with Gasteiger partial charge < -0.3 is 10.0 Å². The summed E-state index contributed by atoms with van der Waals surface area (Å²) >= 11 is 0. The molecule has 1 amide bonds. The quantitative estimate of drug-likeness (QED) is 0.910. The lowest BCUT2D eigenvalue weighted by atomic mass is 10.0. The number of H-pyrrole nitrogens is 1. The molecule has 0 spiro atoms. The van der Waals surface area contributed by atoms with Crippen LogP contribution in [0.25, 0.3) is 11.3 Å². The van der Waals surface area contributed by atoms with E-state index < -0.39 is 11.9 Å². The Kier molecular flexibility index (Phi) is 3.90. The first kappa shape index (κ1) is 15.3. The molecule has 1 aromatic carbocycles. The highest BCUT2D eigenvalue weighted by molar-refractivity contribution is 5.94. The van der Waals surface area contributed by atoms with E-state index in [9.17, 15) is 14.7 Å². The Hall–Kier alpha value is -2.63. The molecule has 0 radical (unpaired) electrons. The number of nitrogens with one attached hydrogen (secondary N) is 1. The first-order valence-corrected chi connectivity index (χ1v) is 7.63. The molecule has 1 aromatic heterocycles. The van der Waals surface area contributed by atoms with Crippen LogP contribution in [0.1, 0.15) is 29.4 Å². The van der Waals surface area contributed by atoms with Crippen LogP contribution in [0.3, 0.4) is 0 Å². The van der Waals surface area contributed by atoms with Gasteiger partial charge in [0.15, 0.2) is 0 Å². The maximum Gasteiger partial charge on any atom is 0.308 e. The molecule has 1 aliphatic rings. The number of benzene rings is 1. The molecule has 120 valence electrons. The van der Waals surface area contributed by atoms with E-state index in [1.165, 1.54) is 0 Å². The molecular weight excluding hydrogens is 294 g/mol. The number of aryl methyl sites for hydroxylation is 1. The summed E-state index contributed by atoms with van der Waals surface area (Å²) in [7, 11) is 0. The maximum atomic E-state index is 12.6. The Labute approximate surface area is 134 Å². The monoisotopic (exact) mass is 313 g/mol. The summed E-state index contributed by atoms with van der Waals surface area (Å²) < 4.78 is 0. The molecule has 2 aromatic rings. The van der Waals surface area contributed by atoms with Gasteiger partial charge in [0.05, 0.1) is 11.6 Å². The number of carboxylic acids is 1. The van der Waals surface area contributed by atoms with Crippen molar-refractivity contribution in [3.05, 3.63) is 41.6 Å². The van der Waals surface area contributed by atoms with E-state index in [0.29, 0.717) is 24.4 Å². The van der Waals surface area contributed by atoms with Gasteiger partial charge in [-0.05, 0) is 26.3 Å². The molecule has 2 atom stereocenters. The number of nitrogens with zero attached hydrogens (tertiary/aromatic N) is 2. The number of aromatic amines is 1. The Morgan fingerprint density at radius 3 is 2.61 bits per heavy atom. The van der Waals surface area contributed by atoms with E-state index in [2.05, 4.69) is 10.2 Å². The number of likely N-dealkylation sites (tertiary alicyclic amines) is 1. The summed E-state index contributed by atoms with van der Waals surface area (Å²) in [5, 5.41) is 16.1. The van der Waals surface area contributed by atoms with Crippen molar-refractivity contribution < 1.29 is 14.7 Å². The van der Waals surface area contributed by atoms with Crippen molar-refractivity contribution in [2.75, 3.05) is 6.54 Å². The predicted octanol–water partition coefficient (Wildman–Crippen LogP) is 2.32. The van der Waals surface area contributed by atoms with Gasteiger partial charge in [0.2, 0.25) is 0 Å². The molecular formula is C17H19N3O3. The lowest BCUT2D eigenvalue weighted by molar-refractivity contribution is -0.142. The number of carbonyl (C=O) groups is 2. The normalized spacial score (nSPS) is 20.7. The van der Waals surface area contributed by atoms with Crippen LogP contribution in [0, 0.1) is 12.8 Å². The third kappa shape index (κ3) is 2.84. The molecule has 6 nitrogen and oxygen atoms in total. The molecule has 1 aliphatic heterocycles. The second-order valence-electron chi connectivity index (χ2n) is 6.01. The molecule has 3 rings (SSSR count). The number of carboxylic acid groups (broad SMARTS) is 1. The zero-order chi connectivity index (χ0) is 16.6. The second-order valence-corrected chi connectivity index (χ2v) is 6.01. The van der Waals surface area contributed by atoms with E-state index in [4.69, 9.17) is 0 Å². The summed E-state index contributed by atoms with van der Waals surface area (Å²) in [6.45, 7) is 4.24. The van der Waals surface area contributed by atoms with E-state index in [1.54, 1.807) is 17.9 Å². The van der Waals surface area contributed by atoms with Gasteiger partial charge in [0, 0.05) is 18.2 Å².